The van der Waals surface area contributed by atoms with Crippen molar-refractivity contribution in [2.24, 2.45) is 7.05 Å². The van der Waals surface area contributed by atoms with E-state index in [0.29, 0.717) is 5.69 Å². The van der Waals surface area contributed by atoms with Crippen molar-refractivity contribution >= 4 is 11.8 Å². The summed E-state index contributed by atoms with van der Waals surface area (Å²) in [6, 6.07) is 7.97. The molecule has 9 heteroatoms. The Labute approximate surface area is 136 Å². The molecule has 0 fully saturated rings. The first-order valence-electron chi connectivity index (χ1n) is 7.00. The van der Waals surface area contributed by atoms with Crippen molar-refractivity contribution in [1.82, 2.24) is 20.1 Å². The second-order valence-corrected chi connectivity index (χ2v) is 4.96. The van der Waals surface area contributed by atoms with Crippen LogP contribution in [0, 0.1) is 10.1 Å². The molecule has 0 aliphatic carbocycles. The van der Waals surface area contributed by atoms with Gasteiger partial charge >= 0.3 is 5.88 Å². The van der Waals surface area contributed by atoms with Crippen LogP contribution in [0.15, 0.2) is 47.1 Å². The minimum atomic E-state index is -0.698. The molecule has 0 aliphatic rings. The fourth-order valence-electron chi connectivity index (χ4n) is 2.21. The molecule has 0 unspecified atom stereocenters. The van der Waals surface area contributed by atoms with Crippen LogP contribution < -0.4 is 5.32 Å². The van der Waals surface area contributed by atoms with Gasteiger partial charge in [-0.25, -0.2) is 0 Å². The van der Waals surface area contributed by atoms with E-state index >= 15 is 0 Å². The fourth-order valence-corrected chi connectivity index (χ4v) is 2.21. The van der Waals surface area contributed by atoms with Crippen molar-refractivity contribution in [3.63, 3.8) is 0 Å². The van der Waals surface area contributed by atoms with Crippen LogP contribution in [-0.2, 0) is 13.6 Å². The van der Waals surface area contributed by atoms with Gasteiger partial charge < -0.3 is 9.73 Å². The highest BCUT2D eigenvalue weighted by Crippen LogP contribution is 2.19. The summed E-state index contributed by atoms with van der Waals surface area (Å²) in [5.74, 6) is -1.14. The molecule has 0 saturated carbocycles. The van der Waals surface area contributed by atoms with Crippen molar-refractivity contribution in [2.45, 2.75) is 6.54 Å². The van der Waals surface area contributed by atoms with Gasteiger partial charge in [0.2, 0.25) is 0 Å². The lowest BCUT2D eigenvalue weighted by molar-refractivity contribution is -0.402. The molecule has 0 spiro atoms. The van der Waals surface area contributed by atoms with Crippen molar-refractivity contribution in [1.29, 1.82) is 0 Å². The maximum absolute atomic E-state index is 11.9. The molecular formula is C15H13N5O4. The minimum absolute atomic E-state index is 0.119. The first-order valence-corrected chi connectivity index (χ1v) is 7.00. The molecule has 0 saturated heterocycles. The number of nitrogens with zero attached hydrogens (tertiary/aromatic N) is 4. The summed E-state index contributed by atoms with van der Waals surface area (Å²) in [6.45, 7) is 0.173. The molecule has 0 aromatic carbocycles. The summed E-state index contributed by atoms with van der Waals surface area (Å²) < 4.78 is 6.55. The maximum atomic E-state index is 11.9. The Hall–Kier alpha value is -3.49. The van der Waals surface area contributed by atoms with Crippen LogP contribution in [-0.4, -0.2) is 25.6 Å². The largest absolute Gasteiger partial charge is 0.433 e. The van der Waals surface area contributed by atoms with Crippen molar-refractivity contribution in [3.8, 4) is 11.3 Å². The molecule has 1 amide bonds. The van der Waals surface area contributed by atoms with Gasteiger partial charge in [-0.05, 0) is 24.3 Å². The number of carbonyl (C=O) groups is 1. The zero-order chi connectivity index (χ0) is 17.1. The van der Waals surface area contributed by atoms with Gasteiger partial charge in [-0.2, -0.15) is 5.10 Å². The van der Waals surface area contributed by atoms with E-state index in [9.17, 15) is 14.9 Å². The molecule has 3 heterocycles. The molecule has 0 aliphatic heterocycles. The van der Waals surface area contributed by atoms with E-state index in [1.807, 2.05) is 18.2 Å². The monoisotopic (exact) mass is 327 g/mol. The number of amides is 1. The van der Waals surface area contributed by atoms with E-state index in [2.05, 4.69) is 15.4 Å². The quantitative estimate of drug-likeness (QED) is 0.565. The number of nitro groups is 1. The van der Waals surface area contributed by atoms with Crippen LogP contribution in [0.2, 0.25) is 0 Å². The number of hydrogen-bond acceptors (Lipinski definition) is 6. The third kappa shape index (κ3) is 3.14. The Balaban J connectivity index is 1.68. The molecule has 122 valence electrons. The lowest BCUT2D eigenvalue weighted by Gasteiger charge is -1.99. The summed E-state index contributed by atoms with van der Waals surface area (Å²) in [7, 11) is 1.80. The Morgan fingerprint density at radius 3 is 2.75 bits per heavy atom. The van der Waals surface area contributed by atoms with Crippen LogP contribution in [0.4, 0.5) is 5.88 Å². The highest BCUT2D eigenvalue weighted by molar-refractivity contribution is 5.91. The zero-order valence-corrected chi connectivity index (χ0v) is 12.7. The first kappa shape index (κ1) is 15.4. The molecule has 3 aromatic heterocycles. The van der Waals surface area contributed by atoms with Crippen LogP contribution >= 0.6 is 0 Å². The molecule has 3 rings (SSSR count). The number of rotatable bonds is 5. The SMILES string of the molecule is Cn1nc(CNC(=O)c2ccc([N+](=O)[O-])o2)cc1-c1ccncc1. The molecule has 0 radical (unpaired) electrons. The third-order valence-electron chi connectivity index (χ3n) is 3.33. The van der Waals surface area contributed by atoms with Crippen LogP contribution in [0.3, 0.4) is 0 Å². The van der Waals surface area contributed by atoms with Gasteiger partial charge in [0.15, 0.2) is 5.76 Å². The predicted molar refractivity (Wildman–Crippen MR) is 83.0 cm³/mol. The third-order valence-corrected chi connectivity index (χ3v) is 3.33. The molecule has 0 atom stereocenters. The number of aromatic nitrogens is 3. The van der Waals surface area contributed by atoms with Gasteiger partial charge in [-0.3, -0.25) is 24.6 Å². The van der Waals surface area contributed by atoms with Crippen LogP contribution in [0.1, 0.15) is 16.2 Å². The lowest BCUT2D eigenvalue weighted by atomic mass is 10.2. The fraction of sp³-hybridized carbons (Fsp3) is 0.133. The van der Waals surface area contributed by atoms with E-state index < -0.39 is 16.7 Å². The number of aryl methyl sites for hydroxylation is 1. The molecule has 9 nitrogen and oxygen atoms in total. The summed E-state index contributed by atoms with van der Waals surface area (Å²) in [5, 5.41) is 17.5. The van der Waals surface area contributed by atoms with E-state index in [1.165, 1.54) is 6.07 Å². The van der Waals surface area contributed by atoms with E-state index in [-0.39, 0.29) is 12.3 Å². The van der Waals surface area contributed by atoms with Gasteiger partial charge in [0.25, 0.3) is 5.91 Å². The highest BCUT2D eigenvalue weighted by atomic mass is 16.6. The normalized spacial score (nSPS) is 10.5. The first-order chi connectivity index (χ1) is 11.5. The van der Waals surface area contributed by atoms with E-state index in [0.717, 1.165) is 17.3 Å². The molecule has 0 bridgehead atoms. The Kier molecular flexibility index (Phi) is 4.06. The second-order valence-electron chi connectivity index (χ2n) is 4.96. The van der Waals surface area contributed by atoms with Gasteiger partial charge in [-0.1, -0.05) is 0 Å². The summed E-state index contributed by atoms with van der Waals surface area (Å²) in [4.78, 5) is 25.8. The number of carbonyl (C=O) groups excluding carboxylic acids is 1. The average Bonchev–Trinajstić information content (AvgIpc) is 3.20. The Morgan fingerprint density at radius 1 is 1.33 bits per heavy atom. The van der Waals surface area contributed by atoms with Gasteiger partial charge in [0, 0.05) is 25.0 Å². The van der Waals surface area contributed by atoms with Gasteiger partial charge in [-0.15, -0.1) is 0 Å². The standard InChI is InChI=1S/C15H13N5O4/c1-19-12(10-4-6-16-7-5-10)8-11(18-19)9-17-15(21)13-2-3-14(24-13)20(22)23/h2-8H,9H2,1H3,(H,17,21). The van der Waals surface area contributed by atoms with Crippen LogP contribution in [0.5, 0.6) is 0 Å². The average molecular weight is 327 g/mol. The van der Waals surface area contributed by atoms with E-state index in [1.54, 1.807) is 24.1 Å². The predicted octanol–water partition coefficient (Wildman–Crippen LogP) is 1.91. The summed E-state index contributed by atoms with van der Waals surface area (Å²) in [5.41, 5.74) is 2.49. The van der Waals surface area contributed by atoms with Crippen molar-refractivity contribution in [2.75, 3.05) is 0 Å². The number of pyridine rings is 1. The van der Waals surface area contributed by atoms with Crippen molar-refractivity contribution in [3.05, 3.63) is 64.3 Å². The molecule has 3 aromatic rings. The lowest BCUT2D eigenvalue weighted by Crippen LogP contribution is -2.22. The molecule has 1 N–H and O–H groups in total. The maximum Gasteiger partial charge on any atom is 0.433 e. The Morgan fingerprint density at radius 2 is 2.08 bits per heavy atom. The van der Waals surface area contributed by atoms with Gasteiger partial charge in [0.1, 0.15) is 4.92 Å². The summed E-state index contributed by atoms with van der Waals surface area (Å²) >= 11 is 0. The highest BCUT2D eigenvalue weighted by Gasteiger charge is 2.17. The van der Waals surface area contributed by atoms with Crippen molar-refractivity contribution < 1.29 is 14.1 Å². The van der Waals surface area contributed by atoms with Gasteiger partial charge in [0.05, 0.1) is 24.0 Å². The number of furan rings is 1. The Bertz CT molecular complexity index is 884. The number of nitrogens with one attached hydrogen (secondary N) is 1. The van der Waals surface area contributed by atoms with Crippen LogP contribution in [0.25, 0.3) is 11.3 Å². The topological polar surface area (TPSA) is 116 Å². The second kappa shape index (κ2) is 6.32. The minimum Gasteiger partial charge on any atom is -0.395 e. The molecule has 24 heavy (non-hydrogen) atoms. The zero-order valence-electron chi connectivity index (χ0n) is 12.7. The van der Waals surface area contributed by atoms with E-state index in [4.69, 9.17) is 4.42 Å². The smallest absolute Gasteiger partial charge is 0.395 e. The summed E-state index contributed by atoms with van der Waals surface area (Å²) in [6.07, 6.45) is 3.38. The molecular weight excluding hydrogens is 314 g/mol. The number of hydrogen-bond donors (Lipinski definition) is 1.